The quantitative estimate of drug-likeness (QED) is 0.246. The van der Waals surface area contributed by atoms with Gasteiger partial charge in [0.25, 0.3) is 0 Å². The molecule has 6 unspecified atom stereocenters. The van der Waals surface area contributed by atoms with Gasteiger partial charge in [-0.05, 0) is 38.9 Å². The first-order chi connectivity index (χ1) is 17.1. The van der Waals surface area contributed by atoms with Crippen LogP contribution < -0.4 is 27.1 Å². The van der Waals surface area contributed by atoms with E-state index in [0.29, 0.717) is 19.6 Å². The molecule has 2 amide bonds. The number of carbonyl (C=O) groups is 2. The molecule has 5 heterocycles. The molecule has 0 radical (unpaired) electrons. The van der Waals surface area contributed by atoms with E-state index in [1.54, 1.807) is 9.91 Å². The SMILES string of the molecule is CS(=O)(=O)C1CN(C(=O)C2CCN(C3CCNCC3NC(=O)C3C(N)NN4CC(F)CNC34)CC2)C1. The minimum Gasteiger partial charge on any atom is -0.350 e. The van der Waals surface area contributed by atoms with Crippen LogP contribution in [0.1, 0.15) is 19.3 Å². The van der Waals surface area contributed by atoms with Crippen LogP contribution in [0.4, 0.5) is 4.39 Å². The van der Waals surface area contributed by atoms with Gasteiger partial charge in [-0.1, -0.05) is 0 Å². The summed E-state index contributed by atoms with van der Waals surface area (Å²) in [5, 5.41) is 11.0. The summed E-state index contributed by atoms with van der Waals surface area (Å²) in [6, 6.07) is 0.0595. The molecule has 12 nitrogen and oxygen atoms in total. The number of amides is 2. The van der Waals surface area contributed by atoms with Crippen molar-refractivity contribution in [2.45, 2.75) is 55.1 Å². The van der Waals surface area contributed by atoms with Crippen LogP contribution in [0.5, 0.6) is 0 Å². The Labute approximate surface area is 211 Å². The van der Waals surface area contributed by atoms with Gasteiger partial charge in [-0.2, -0.15) is 0 Å². The van der Waals surface area contributed by atoms with Gasteiger partial charge in [0.2, 0.25) is 11.8 Å². The molecule has 0 bridgehead atoms. The molecule has 5 saturated heterocycles. The number of piperidine rings is 2. The molecule has 0 aromatic carbocycles. The molecule has 0 aliphatic carbocycles. The summed E-state index contributed by atoms with van der Waals surface area (Å²) in [7, 11) is -3.10. The molecule has 6 N–H and O–H groups in total. The Morgan fingerprint density at radius 3 is 2.50 bits per heavy atom. The third-order valence-electron chi connectivity index (χ3n) is 8.51. The lowest BCUT2D eigenvalue weighted by molar-refractivity contribution is -0.140. The van der Waals surface area contributed by atoms with Gasteiger partial charge in [0, 0.05) is 50.9 Å². The predicted molar refractivity (Wildman–Crippen MR) is 131 cm³/mol. The second-order valence-corrected chi connectivity index (χ2v) is 13.3. The first-order valence-corrected chi connectivity index (χ1v) is 15.0. The van der Waals surface area contributed by atoms with Crippen molar-refractivity contribution in [1.29, 1.82) is 0 Å². The van der Waals surface area contributed by atoms with Crippen molar-refractivity contribution in [1.82, 2.24) is 36.2 Å². The highest BCUT2D eigenvalue weighted by atomic mass is 32.2. The summed E-state index contributed by atoms with van der Waals surface area (Å²) < 4.78 is 37.1. The van der Waals surface area contributed by atoms with Gasteiger partial charge < -0.3 is 21.3 Å². The second kappa shape index (κ2) is 10.4. The zero-order chi connectivity index (χ0) is 25.6. The van der Waals surface area contributed by atoms with Crippen molar-refractivity contribution in [2.75, 3.05) is 58.6 Å². The van der Waals surface area contributed by atoms with E-state index in [4.69, 9.17) is 5.73 Å². The van der Waals surface area contributed by atoms with Crippen molar-refractivity contribution >= 4 is 21.7 Å². The van der Waals surface area contributed by atoms with Crippen LogP contribution in [0.25, 0.3) is 0 Å². The Hall–Kier alpha value is -1.42. The van der Waals surface area contributed by atoms with Gasteiger partial charge in [0.15, 0.2) is 9.84 Å². The molecular formula is C22H39FN8O4S. The third-order valence-corrected chi connectivity index (χ3v) is 10.0. The molecule has 5 rings (SSSR count). The Balaban J connectivity index is 1.14. The molecule has 5 aliphatic rings. The number of nitrogens with zero attached hydrogens (tertiary/aromatic N) is 3. The van der Waals surface area contributed by atoms with Crippen molar-refractivity contribution in [3.8, 4) is 0 Å². The van der Waals surface area contributed by atoms with E-state index in [-0.39, 0.29) is 49.1 Å². The van der Waals surface area contributed by atoms with Gasteiger partial charge in [0.1, 0.15) is 6.17 Å². The number of nitrogens with one attached hydrogen (secondary N) is 4. The first-order valence-electron chi connectivity index (χ1n) is 13.0. The summed E-state index contributed by atoms with van der Waals surface area (Å²) in [5.74, 6) is -0.695. The van der Waals surface area contributed by atoms with E-state index in [0.717, 1.165) is 38.9 Å². The van der Waals surface area contributed by atoms with E-state index in [2.05, 4.69) is 26.3 Å². The fourth-order valence-electron chi connectivity index (χ4n) is 6.31. The van der Waals surface area contributed by atoms with Crippen molar-refractivity contribution < 1.29 is 22.4 Å². The monoisotopic (exact) mass is 530 g/mol. The van der Waals surface area contributed by atoms with Gasteiger partial charge in [-0.3, -0.25) is 19.8 Å². The third kappa shape index (κ3) is 5.26. The van der Waals surface area contributed by atoms with Crippen LogP contribution in [0.3, 0.4) is 0 Å². The Morgan fingerprint density at radius 1 is 1.08 bits per heavy atom. The number of nitrogens with two attached hydrogens (primary N) is 1. The number of hydrazine groups is 1. The molecule has 36 heavy (non-hydrogen) atoms. The summed E-state index contributed by atoms with van der Waals surface area (Å²) >= 11 is 0. The fraction of sp³-hybridized carbons (Fsp3) is 0.909. The number of carbonyl (C=O) groups excluding carboxylic acids is 2. The first kappa shape index (κ1) is 26.2. The van der Waals surface area contributed by atoms with E-state index in [1.165, 1.54) is 6.26 Å². The van der Waals surface area contributed by atoms with Gasteiger partial charge in [-0.15, -0.1) is 0 Å². The lowest BCUT2D eigenvalue weighted by Gasteiger charge is -2.45. The largest absolute Gasteiger partial charge is 0.350 e. The highest BCUT2D eigenvalue weighted by molar-refractivity contribution is 7.91. The van der Waals surface area contributed by atoms with Gasteiger partial charge in [0.05, 0.1) is 29.5 Å². The maximum atomic E-state index is 13.8. The Kier molecular flexibility index (Phi) is 7.56. The Morgan fingerprint density at radius 2 is 1.81 bits per heavy atom. The minimum absolute atomic E-state index is 0.0625. The van der Waals surface area contributed by atoms with Crippen molar-refractivity contribution in [3.63, 3.8) is 0 Å². The zero-order valence-electron chi connectivity index (χ0n) is 20.7. The number of halogens is 1. The van der Waals surface area contributed by atoms with E-state index in [1.807, 2.05) is 0 Å². The molecular weight excluding hydrogens is 491 g/mol. The molecule has 14 heteroatoms. The minimum atomic E-state index is -3.10. The van der Waals surface area contributed by atoms with E-state index >= 15 is 0 Å². The van der Waals surface area contributed by atoms with E-state index < -0.39 is 33.3 Å². The standard InChI is InChI=1S/C22H39FN8O4S/c1-36(34,35)15-11-30(12-15)22(33)13-3-6-29(7-4-13)17-2-5-25-9-16(17)27-21(32)18-19(24)28-31-10-14(23)8-26-20(18)31/h13-20,25-26,28H,2-12,24H2,1H3,(H,27,32). The number of fused-ring (bicyclic) bond motifs is 1. The van der Waals surface area contributed by atoms with Crippen molar-refractivity contribution in [3.05, 3.63) is 0 Å². The highest BCUT2D eigenvalue weighted by Crippen LogP contribution is 2.28. The lowest BCUT2D eigenvalue weighted by Crippen LogP contribution is -2.64. The van der Waals surface area contributed by atoms with Gasteiger partial charge >= 0.3 is 0 Å². The highest BCUT2D eigenvalue weighted by Gasteiger charge is 2.48. The van der Waals surface area contributed by atoms with Crippen LogP contribution in [0.15, 0.2) is 0 Å². The van der Waals surface area contributed by atoms with Crippen LogP contribution >= 0.6 is 0 Å². The average Bonchev–Trinajstić information content (AvgIpc) is 3.12. The number of rotatable bonds is 5. The fourth-order valence-corrected chi connectivity index (χ4v) is 7.21. The normalized spacial score (nSPS) is 37.4. The van der Waals surface area contributed by atoms with Crippen molar-refractivity contribution in [2.24, 2.45) is 17.6 Å². The smallest absolute Gasteiger partial charge is 0.229 e. The maximum absolute atomic E-state index is 13.8. The molecule has 204 valence electrons. The van der Waals surface area contributed by atoms with Crippen LogP contribution in [-0.2, 0) is 19.4 Å². The lowest BCUT2D eigenvalue weighted by atomic mass is 9.90. The summed E-state index contributed by atoms with van der Waals surface area (Å²) in [6.07, 6.45) is 1.63. The molecule has 0 saturated carbocycles. The molecule has 5 fully saturated rings. The topological polar surface area (TPSA) is 152 Å². The van der Waals surface area contributed by atoms with Gasteiger partial charge in [-0.25, -0.2) is 23.2 Å². The number of likely N-dealkylation sites (tertiary alicyclic amines) is 2. The zero-order valence-corrected chi connectivity index (χ0v) is 21.6. The summed E-state index contributed by atoms with van der Waals surface area (Å²) in [6.45, 7) is 4.04. The van der Waals surface area contributed by atoms with Crippen LogP contribution in [0, 0.1) is 11.8 Å². The molecule has 6 atom stereocenters. The summed E-state index contributed by atoms with van der Waals surface area (Å²) in [4.78, 5) is 30.2. The van der Waals surface area contributed by atoms with Crippen LogP contribution in [-0.4, -0.2) is 129 Å². The second-order valence-electron chi connectivity index (χ2n) is 11.0. The van der Waals surface area contributed by atoms with E-state index in [9.17, 15) is 22.4 Å². The molecule has 0 aromatic heterocycles. The predicted octanol–water partition coefficient (Wildman–Crippen LogP) is -3.21. The average molecular weight is 531 g/mol. The molecule has 0 spiro atoms. The van der Waals surface area contributed by atoms with Crippen LogP contribution in [0.2, 0.25) is 0 Å². The maximum Gasteiger partial charge on any atom is 0.229 e. The molecule has 5 aliphatic heterocycles. The Bertz CT molecular complexity index is 942. The number of alkyl halides is 1. The number of hydrogen-bond donors (Lipinski definition) is 5. The summed E-state index contributed by atoms with van der Waals surface area (Å²) in [5.41, 5.74) is 9.24. The molecule has 0 aromatic rings. The number of hydrogen-bond acceptors (Lipinski definition) is 10. The number of sulfone groups is 1.